The molecule has 5 heteroatoms. The number of benzene rings is 2. The summed E-state index contributed by atoms with van der Waals surface area (Å²) in [5.41, 5.74) is 3.34. The van der Waals surface area contributed by atoms with Crippen molar-refractivity contribution in [3.8, 4) is 11.4 Å². The molecule has 2 heterocycles. The summed E-state index contributed by atoms with van der Waals surface area (Å²) < 4.78 is 18.4. The second-order valence-corrected chi connectivity index (χ2v) is 6.16. The minimum absolute atomic E-state index is 0.277. The summed E-state index contributed by atoms with van der Waals surface area (Å²) in [5, 5.41) is 4.03. The monoisotopic (exact) mass is 323 g/mol. The molecule has 4 nitrogen and oxygen atoms in total. The van der Waals surface area contributed by atoms with Gasteiger partial charge in [-0.1, -0.05) is 23.4 Å². The Bertz CT molecular complexity index is 844. The molecule has 0 fully saturated rings. The Morgan fingerprint density at radius 3 is 2.79 bits per heavy atom. The molecule has 1 aliphatic heterocycles. The molecular formula is C19H18FN3O. The van der Waals surface area contributed by atoms with Gasteiger partial charge in [-0.25, -0.2) is 4.39 Å². The fourth-order valence-corrected chi connectivity index (χ4v) is 3.18. The molecule has 24 heavy (non-hydrogen) atoms. The van der Waals surface area contributed by atoms with Crippen LogP contribution in [0.4, 0.5) is 10.1 Å². The van der Waals surface area contributed by atoms with E-state index in [9.17, 15) is 4.39 Å². The number of para-hydroxylation sites is 1. The van der Waals surface area contributed by atoms with E-state index < -0.39 is 0 Å². The van der Waals surface area contributed by atoms with Gasteiger partial charge in [0.15, 0.2) is 0 Å². The lowest BCUT2D eigenvalue weighted by atomic mass is 9.97. The van der Waals surface area contributed by atoms with Crippen LogP contribution in [-0.2, 0) is 13.0 Å². The molecule has 1 atom stereocenters. The molecular weight excluding hydrogens is 305 g/mol. The average Bonchev–Trinajstić information content (AvgIpc) is 3.07. The summed E-state index contributed by atoms with van der Waals surface area (Å²) in [6, 6.07) is 15.0. The van der Waals surface area contributed by atoms with E-state index in [0.717, 1.165) is 18.4 Å². The van der Waals surface area contributed by atoms with Gasteiger partial charge in [0.05, 0.1) is 6.54 Å². The Morgan fingerprint density at radius 2 is 1.96 bits per heavy atom. The van der Waals surface area contributed by atoms with Crippen molar-refractivity contribution in [3.63, 3.8) is 0 Å². The highest BCUT2D eigenvalue weighted by molar-refractivity contribution is 5.57. The summed E-state index contributed by atoms with van der Waals surface area (Å²) in [6.45, 7) is 2.79. The van der Waals surface area contributed by atoms with Gasteiger partial charge in [-0.2, -0.15) is 4.98 Å². The van der Waals surface area contributed by atoms with Crippen molar-refractivity contribution in [2.24, 2.45) is 0 Å². The lowest BCUT2D eigenvalue weighted by Gasteiger charge is -2.36. The standard InChI is InChI=1S/C19H18FN3O/c1-13-6-7-14-4-2-3-5-17(14)23(13)12-18-21-19(22-24-18)15-8-10-16(20)11-9-15/h2-5,8-11,13H,6-7,12H2,1H3/t13-/m0/s1. The SMILES string of the molecule is C[C@H]1CCc2ccccc2N1Cc1nc(-c2ccc(F)cc2)no1. The number of fused-ring (bicyclic) bond motifs is 1. The van der Waals surface area contributed by atoms with Crippen LogP contribution < -0.4 is 4.90 Å². The summed E-state index contributed by atoms with van der Waals surface area (Å²) in [7, 11) is 0. The van der Waals surface area contributed by atoms with Gasteiger partial charge in [0.1, 0.15) is 5.82 Å². The first-order chi connectivity index (χ1) is 11.7. The molecule has 0 amide bonds. The molecule has 0 N–H and O–H groups in total. The zero-order valence-corrected chi connectivity index (χ0v) is 13.4. The van der Waals surface area contributed by atoms with Crippen molar-refractivity contribution >= 4 is 5.69 Å². The Morgan fingerprint density at radius 1 is 1.17 bits per heavy atom. The van der Waals surface area contributed by atoms with Crippen LogP contribution in [0.25, 0.3) is 11.4 Å². The third-order valence-corrected chi connectivity index (χ3v) is 4.54. The van der Waals surface area contributed by atoms with Crippen LogP contribution >= 0.6 is 0 Å². The molecule has 0 saturated carbocycles. The molecule has 1 aliphatic rings. The first kappa shape index (κ1) is 14.9. The smallest absolute Gasteiger partial charge is 0.246 e. The van der Waals surface area contributed by atoms with Crippen LogP contribution in [0.3, 0.4) is 0 Å². The van der Waals surface area contributed by atoms with E-state index in [1.165, 1.54) is 23.4 Å². The van der Waals surface area contributed by atoms with Crippen molar-refractivity contribution in [1.29, 1.82) is 0 Å². The van der Waals surface area contributed by atoms with E-state index in [0.29, 0.717) is 24.3 Å². The second-order valence-electron chi connectivity index (χ2n) is 6.16. The van der Waals surface area contributed by atoms with Crippen LogP contribution in [0.1, 0.15) is 24.8 Å². The molecule has 3 aromatic rings. The highest BCUT2D eigenvalue weighted by Crippen LogP contribution is 2.31. The molecule has 0 radical (unpaired) electrons. The van der Waals surface area contributed by atoms with Crippen molar-refractivity contribution in [1.82, 2.24) is 10.1 Å². The number of hydrogen-bond donors (Lipinski definition) is 0. The Hall–Kier alpha value is -2.69. The average molecular weight is 323 g/mol. The van der Waals surface area contributed by atoms with Crippen LogP contribution in [0.15, 0.2) is 53.1 Å². The maximum Gasteiger partial charge on any atom is 0.246 e. The molecule has 0 saturated heterocycles. The third-order valence-electron chi connectivity index (χ3n) is 4.54. The summed E-state index contributed by atoms with van der Waals surface area (Å²) in [6.07, 6.45) is 2.20. The van der Waals surface area contributed by atoms with E-state index in [1.807, 2.05) is 0 Å². The largest absolute Gasteiger partial charge is 0.359 e. The van der Waals surface area contributed by atoms with Gasteiger partial charge in [-0.15, -0.1) is 0 Å². The van der Waals surface area contributed by atoms with E-state index in [4.69, 9.17) is 4.52 Å². The van der Waals surface area contributed by atoms with E-state index in [-0.39, 0.29) is 5.82 Å². The number of aromatic nitrogens is 2. The lowest BCUT2D eigenvalue weighted by molar-refractivity contribution is 0.369. The van der Waals surface area contributed by atoms with Gasteiger partial charge in [-0.3, -0.25) is 0 Å². The normalized spacial score (nSPS) is 16.9. The van der Waals surface area contributed by atoms with Crippen LogP contribution in [0.5, 0.6) is 0 Å². The Kier molecular flexibility index (Phi) is 3.76. The van der Waals surface area contributed by atoms with Crippen LogP contribution in [-0.4, -0.2) is 16.2 Å². The minimum Gasteiger partial charge on any atom is -0.359 e. The number of halogens is 1. The van der Waals surface area contributed by atoms with Crippen molar-refractivity contribution in [2.75, 3.05) is 4.90 Å². The lowest BCUT2D eigenvalue weighted by Crippen LogP contribution is -2.36. The Labute approximate surface area is 139 Å². The van der Waals surface area contributed by atoms with Crippen molar-refractivity contribution in [2.45, 2.75) is 32.4 Å². The van der Waals surface area contributed by atoms with Gasteiger partial charge < -0.3 is 9.42 Å². The maximum absolute atomic E-state index is 13.0. The second kappa shape index (κ2) is 6.07. The first-order valence-electron chi connectivity index (χ1n) is 8.14. The molecule has 2 aromatic carbocycles. The molecule has 122 valence electrons. The number of nitrogens with zero attached hydrogens (tertiary/aromatic N) is 3. The van der Waals surface area contributed by atoms with Gasteiger partial charge in [0.2, 0.25) is 11.7 Å². The highest BCUT2D eigenvalue weighted by atomic mass is 19.1. The molecule has 1 aromatic heterocycles. The topological polar surface area (TPSA) is 42.2 Å². The number of anilines is 1. The van der Waals surface area contributed by atoms with Gasteiger partial charge in [-0.05, 0) is 55.7 Å². The van der Waals surface area contributed by atoms with E-state index >= 15 is 0 Å². The molecule has 0 spiro atoms. The van der Waals surface area contributed by atoms with Crippen molar-refractivity contribution in [3.05, 3.63) is 65.8 Å². The van der Waals surface area contributed by atoms with Gasteiger partial charge in [0, 0.05) is 17.3 Å². The molecule has 4 rings (SSSR count). The zero-order valence-electron chi connectivity index (χ0n) is 13.4. The molecule has 0 unspecified atom stereocenters. The minimum atomic E-state index is -0.277. The summed E-state index contributed by atoms with van der Waals surface area (Å²) >= 11 is 0. The number of rotatable bonds is 3. The predicted molar refractivity (Wildman–Crippen MR) is 90.1 cm³/mol. The fraction of sp³-hybridized carbons (Fsp3) is 0.263. The highest BCUT2D eigenvalue weighted by Gasteiger charge is 2.24. The number of hydrogen-bond acceptors (Lipinski definition) is 4. The summed E-state index contributed by atoms with van der Waals surface area (Å²) in [5.74, 6) is 0.780. The fourth-order valence-electron chi connectivity index (χ4n) is 3.18. The van der Waals surface area contributed by atoms with Gasteiger partial charge in [0.25, 0.3) is 0 Å². The molecule has 0 bridgehead atoms. The van der Waals surface area contributed by atoms with Crippen molar-refractivity contribution < 1.29 is 8.91 Å². The van der Waals surface area contributed by atoms with E-state index in [1.54, 1.807) is 12.1 Å². The van der Waals surface area contributed by atoms with E-state index in [2.05, 4.69) is 46.2 Å². The molecule has 0 aliphatic carbocycles. The number of aryl methyl sites for hydroxylation is 1. The zero-order chi connectivity index (χ0) is 16.5. The Balaban J connectivity index is 1.59. The third kappa shape index (κ3) is 2.77. The quantitative estimate of drug-likeness (QED) is 0.724. The summed E-state index contributed by atoms with van der Waals surface area (Å²) in [4.78, 5) is 6.78. The van der Waals surface area contributed by atoms with Crippen LogP contribution in [0.2, 0.25) is 0 Å². The predicted octanol–water partition coefficient (Wildman–Crippen LogP) is 4.22. The van der Waals surface area contributed by atoms with Crippen LogP contribution in [0, 0.1) is 5.82 Å². The maximum atomic E-state index is 13.0. The first-order valence-corrected chi connectivity index (χ1v) is 8.14. The van der Waals surface area contributed by atoms with Gasteiger partial charge >= 0.3 is 0 Å².